The fraction of sp³-hybridized carbons (Fsp3) is 0.150. The Hall–Kier alpha value is -7.49. The molecule has 270 valence electrons. The molecule has 0 radical (unpaired) electrons. The largest absolute Gasteiger partial charge is 0.508 e. The summed E-state index contributed by atoms with van der Waals surface area (Å²) in [4.78, 5) is 13.4. The highest BCUT2D eigenvalue weighted by molar-refractivity contribution is 6.00. The van der Waals surface area contributed by atoms with E-state index in [-0.39, 0.29) is 40.4 Å². The lowest BCUT2D eigenvalue weighted by Crippen LogP contribution is -2.46. The number of rotatable bonds is 7. The maximum Gasteiger partial charge on any atom is 0.196 e. The van der Waals surface area contributed by atoms with Crippen LogP contribution in [0.4, 0.5) is 10.3 Å². The van der Waals surface area contributed by atoms with E-state index in [1.165, 1.54) is 30.5 Å². The number of aromatic amines is 2. The first-order valence-electron chi connectivity index (χ1n) is 17.3. The van der Waals surface area contributed by atoms with Crippen molar-refractivity contribution in [1.82, 2.24) is 35.3 Å². The van der Waals surface area contributed by atoms with Gasteiger partial charge in [0.1, 0.15) is 41.0 Å². The van der Waals surface area contributed by atoms with Gasteiger partial charge in [-0.3, -0.25) is 15.1 Å². The Balaban J connectivity index is 0.979. The van der Waals surface area contributed by atoms with E-state index in [0.29, 0.717) is 99.3 Å². The summed E-state index contributed by atoms with van der Waals surface area (Å²) < 4.78 is 28.6. The number of aromatic nitrogens is 6. The normalized spacial score (nSPS) is 13.4. The van der Waals surface area contributed by atoms with Crippen molar-refractivity contribution in [3.05, 3.63) is 101 Å². The van der Waals surface area contributed by atoms with Gasteiger partial charge < -0.3 is 23.9 Å². The number of pyridine rings is 2. The molecule has 1 fully saturated rings. The standard InChI is InChI=1S/C40H29FN10O4/c1-21-33-35(30-3-2-16-54-30)26(18-43)38(46-40(33)49-47-21)24-8-9-29(53)28(36(24)41)20-50-12-14-51(15-13-50)32-11-10-31(55-32)34-25(17-42)37(22-4-6-23(52)7-5-22)45-39-27(34)19-44-48-39/h2-11,16,19,52-53H,12-15,20H2,1H3,(H,44,45,48)(H,46,47,49). The van der Waals surface area contributed by atoms with E-state index in [2.05, 4.69) is 47.4 Å². The van der Waals surface area contributed by atoms with Gasteiger partial charge in [-0.2, -0.15) is 20.7 Å². The van der Waals surface area contributed by atoms with E-state index < -0.39 is 5.82 Å². The molecule has 6 aromatic heterocycles. The van der Waals surface area contributed by atoms with Crippen LogP contribution >= 0.6 is 0 Å². The highest BCUT2D eigenvalue weighted by atomic mass is 19.1. The molecule has 14 nitrogen and oxygen atoms in total. The number of aryl methyl sites for hydroxylation is 1. The van der Waals surface area contributed by atoms with Crippen LogP contribution in [0, 0.1) is 35.4 Å². The predicted octanol–water partition coefficient (Wildman–Crippen LogP) is 7.01. The summed E-state index contributed by atoms with van der Waals surface area (Å²) in [5.41, 5.74) is 4.26. The number of furan rings is 2. The number of benzene rings is 2. The maximum atomic E-state index is 16.5. The summed E-state index contributed by atoms with van der Waals surface area (Å²) in [6.07, 6.45) is 3.11. The highest BCUT2D eigenvalue weighted by Gasteiger charge is 2.28. The molecule has 2 aromatic carbocycles. The molecule has 0 bridgehead atoms. The Morgan fingerprint density at radius 3 is 2.40 bits per heavy atom. The summed E-state index contributed by atoms with van der Waals surface area (Å²) in [6, 6.07) is 20.9. The van der Waals surface area contributed by atoms with Crippen LogP contribution in [0.3, 0.4) is 0 Å². The molecule has 9 rings (SSSR count). The molecule has 4 N–H and O–H groups in total. The number of hydrogen-bond acceptors (Lipinski definition) is 12. The van der Waals surface area contributed by atoms with Crippen LogP contribution in [-0.4, -0.2) is 71.7 Å². The molecule has 7 heterocycles. The van der Waals surface area contributed by atoms with Crippen molar-refractivity contribution in [1.29, 1.82) is 10.5 Å². The number of nitrogens with one attached hydrogen (secondary N) is 2. The third-order valence-corrected chi connectivity index (χ3v) is 9.99. The molecule has 8 aromatic rings. The fourth-order valence-electron chi connectivity index (χ4n) is 7.26. The number of fused-ring (bicyclic) bond motifs is 2. The van der Waals surface area contributed by atoms with Gasteiger partial charge in [0, 0.05) is 66.7 Å². The van der Waals surface area contributed by atoms with Gasteiger partial charge in [0.2, 0.25) is 0 Å². The van der Waals surface area contributed by atoms with Crippen LogP contribution in [0.2, 0.25) is 0 Å². The molecule has 55 heavy (non-hydrogen) atoms. The fourth-order valence-corrected chi connectivity index (χ4v) is 7.26. The SMILES string of the molecule is Cc1[nH]nc2nc(-c3ccc(O)c(CN4CCN(c5ccc(-c6c(C#N)c(-c7ccc(O)cc7)nc7[nH]ncc67)o5)CC4)c3F)c(C#N)c(-c3ccco3)c12. The monoisotopic (exact) mass is 732 g/mol. The van der Waals surface area contributed by atoms with Gasteiger partial charge in [-0.25, -0.2) is 14.4 Å². The van der Waals surface area contributed by atoms with E-state index in [0.717, 1.165) is 0 Å². The van der Waals surface area contributed by atoms with E-state index in [4.69, 9.17) is 8.83 Å². The van der Waals surface area contributed by atoms with Gasteiger partial charge in [-0.15, -0.1) is 0 Å². The van der Waals surface area contributed by atoms with Gasteiger partial charge in [0.05, 0.1) is 51.3 Å². The average Bonchev–Trinajstić information content (AvgIpc) is 4.04. The summed E-state index contributed by atoms with van der Waals surface area (Å²) >= 11 is 0. The Labute approximate surface area is 311 Å². The van der Waals surface area contributed by atoms with E-state index >= 15 is 4.39 Å². The number of hydrogen-bond donors (Lipinski definition) is 4. The van der Waals surface area contributed by atoms with Crippen LogP contribution in [0.15, 0.2) is 82.0 Å². The van der Waals surface area contributed by atoms with Gasteiger partial charge in [0.25, 0.3) is 0 Å². The molecule has 0 aliphatic carbocycles. The second kappa shape index (κ2) is 13.2. The Bertz CT molecular complexity index is 2840. The first-order valence-corrected chi connectivity index (χ1v) is 17.3. The smallest absolute Gasteiger partial charge is 0.196 e. The van der Waals surface area contributed by atoms with Gasteiger partial charge in [-0.05, 0) is 61.5 Å². The zero-order valence-corrected chi connectivity index (χ0v) is 29.1. The van der Waals surface area contributed by atoms with Crippen molar-refractivity contribution in [2.24, 2.45) is 0 Å². The zero-order chi connectivity index (χ0) is 37.8. The molecular formula is C40H29FN10O4. The van der Waals surface area contributed by atoms with Crippen LogP contribution in [0.1, 0.15) is 22.4 Å². The molecule has 1 aliphatic rings. The number of nitriles is 2. The summed E-state index contributed by atoms with van der Waals surface area (Å²) in [5, 5.41) is 56.9. The minimum atomic E-state index is -0.679. The molecule has 0 spiro atoms. The van der Waals surface area contributed by atoms with Crippen molar-refractivity contribution in [3.63, 3.8) is 0 Å². The number of piperazine rings is 1. The van der Waals surface area contributed by atoms with Gasteiger partial charge in [-0.1, -0.05) is 0 Å². The second-order valence-corrected chi connectivity index (χ2v) is 13.2. The van der Waals surface area contributed by atoms with E-state index in [1.807, 2.05) is 24.0 Å². The quantitative estimate of drug-likeness (QED) is 0.131. The van der Waals surface area contributed by atoms with E-state index in [1.54, 1.807) is 30.5 Å². The molecule has 0 atom stereocenters. The third-order valence-electron chi connectivity index (χ3n) is 9.99. The number of nitrogens with zero attached hydrogens (tertiary/aromatic N) is 8. The van der Waals surface area contributed by atoms with E-state index in [9.17, 15) is 20.7 Å². The van der Waals surface area contributed by atoms with Crippen LogP contribution in [0.25, 0.3) is 67.2 Å². The lowest BCUT2D eigenvalue weighted by molar-refractivity contribution is 0.240. The minimum absolute atomic E-state index is 0.0645. The number of anilines is 1. The molecule has 1 saturated heterocycles. The number of H-pyrrole nitrogens is 2. The van der Waals surface area contributed by atoms with Crippen LogP contribution < -0.4 is 4.90 Å². The lowest BCUT2D eigenvalue weighted by Gasteiger charge is -2.34. The second-order valence-electron chi connectivity index (χ2n) is 13.2. The van der Waals surface area contributed by atoms with Crippen molar-refractivity contribution >= 4 is 28.0 Å². The Morgan fingerprint density at radius 2 is 1.65 bits per heavy atom. The van der Waals surface area contributed by atoms with Crippen molar-refractivity contribution < 1.29 is 23.4 Å². The number of phenolic OH excluding ortho intramolecular Hbond substituents is 2. The van der Waals surface area contributed by atoms with Crippen LogP contribution in [0.5, 0.6) is 11.5 Å². The summed E-state index contributed by atoms with van der Waals surface area (Å²) in [7, 11) is 0. The molecule has 0 unspecified atom stereocenters. The van der Waals surface area contributed by atoms with Crippen molar-refractivity contribution in [2.45, 2.75) is 13.5 Å². The molecule has 0 amide bonds. The summed E-state index contributed by atoms with van der Waals surface area (Å²) in [6.45, 7) is 4.06. The number of halogens is 1. The molecule has 15 heteroatoms. The maximum absolute atomic E-state index is 16.5. The van der Waals surface area contributed by atoms with Crippen molar-refractivity contribution in [2.75, 3.05) is 31.1 Å². The molecular weight excluding hydrogens is 704 g/mol. The number of aromatic hydroxyl groups is 2. The predicted molar refractivity (Wildman–Crippen MR) is 199 cm³/mol. The minimum Gasteiger partial charge on any atom is -0.508 e. The average molecular weight is 733 g/mol. The van der Waals surface area contributed by atoms with Gasteiger partial charge >= 0.3 is 0 Å². The highest BCUT2D eigenvalue weighted by Crippen LogP contribution is 2.41. The van der Waals surface area contributed by atoms with Gasteiger partial charge in [0.15, 0.2) is 17.2 Å². The lowest BCUT2D eigenvalue weighted by atomic mass is 9.95. The Kier molecular flexibility index (Phi) is 7.99. The number of phenols is 2. The summed E-state index contributed by atoms with van der Waals surface area (Å²) in [5.74, 6) is 0.707. The molecule has 1 aliphatic heterocycles. The zero-order valence-electron chi connectivity index (χ0n) is 29.1. The topological polar surface area (TPSA) is 204 Å². The Morgan fingerprint density at radius 1 is 0.873 bits per heavy atom. The first kappa shape index (κ1) is 33.4. The molecule has 0 saturated carbocycles. The third kappa shape index (κ3) is 5.58. The first-order chi connectivity index (χ1) is 26.8. The van der Waals surface area contributed by atoms with Crippen molar-refractivity contribution in [3.8, 4) is 68.8 Å². The van der Waals surface area contributed by atoms with Crippen LogP contribution in [-0.2, 0) is 6.54 Å².